The second kappa shape index (κ2) is 9.79. The first-order valence-electron chi connectivity index (χ1n) is 11.4. The van der Waals surface area contributed by atoms with E-state index in [1.165, 1.54) is 0 Å². The van der Waals surface area contributed by atoms with Gasteiger partial charge >= 0.3 is 0 Å². The molecule has 178 valence electrons. The zero-order valence-electron chi connectivity index (χ0n) is 18.8. The summed E-state index contributed by atoms with van der Waals surface area (Å²) in [6.07, 6.45) is 1.57. The molecule has 2 N–H and O–H groups in total. The van der Waals surface area contributed by atoms with E-state index < -0.39 is 0 Å². The summed E-state index contributed by atoms with van der Waals surface area (Å²) in [5.74, 6) is 2.18. The van der Waals surface area contributed by atoms with Gasteiger partial charge in [-0.2, -0.15) is 0 Å². The van der Waals surface area contributed by atoms with Crippen LogP contribution in [0.15, 0.2) is 54.2 Å². The number of morpholine rings is 1. The topological polar surface area (TPSA) is 88.2 Å². The molecule has 8 nitrogen and oxygen atoms in total. The van der Waals surface area contributed by atoms with Crippen LogP contribution in [0.1, 0.15) is 0 Å². The van der Waals surface area contributed by atoms with Gasteiger partial charge in [0.15, 0.2) is 5.82 Å². The lowest BCUT2D eigenvalue weighted by molar-refractivity contribution is 0.0322. The average molecular weight is 507 g/mol. The zero-order valence-corrected chi connectivity index (χ0v) is 20.4. The van der Waals surface area contributed by atoms with E-state index in [4.69, 9.17) is 26.1 Å². The van der Waals surface area contributed by atoms with E-state index >= 15 is 0 Å². The molecule has 10 heteroatoms. The van der Waals surface area contributed by atoms with Crippen LogP contribution < -0.4 is 10.1 Å². The number of thiophene rings is 1. The molecule has 6 rings (SSSR count). The van der Waals surface area contributed by atoms with Crippen LogP contribution in [0.4, 0.5) is 11.5 Å². The molecule has 35 heavy (non-hydrogen) atoms. The first-order chi connectivity index (χ1) is 17.3. The van der Waals surface area contributed by atoms with Crippen LogP contribution in [0.2, 0.25) is 5.02 Å². The van der Waals surface area contributed by atoms with E-state index in [2.05, 4.69) is 42.9 Å². The van der Waals surface area contributed by atoms with Crippen molar-refractivity contribution < 1.29 is 9.47 Å². The number of halogens is 1. The Labute approximate surface area is 210 Å². The minimum absolute atomic E-state index is 0.598. The lowest BCUT2D eigenvalue weighted by Crippen LogP contribution is -2.38. The number of aromatic nitrogens is 4. The number of ether oxygens (including phenoxy) is 2. The number of anilines is 2. The van der Waals surface area contributed by atoms with Crippen molar-refractivity contribution in [3.05, 3.63) is 59.2 Å². The SMILES string of the molecule is Clc1ccc(OCCN2CCOCC2)cc1Nc1nc2c(-c3nnc[nH]3)cccc2c2ccsc12. The third-order valence-corrected chi connectivity index (χ3v) is 7.32. The van der Waals surface area contributed by atoms with E-state index in [0.29, 0.717) is 17.5 Å². The number of para-hydroxylation sites is 1. The Morgan fingerprint density at radius 1 is 1.14 bits per heavy atom. The number of hydrogen-bond donors (Lipinski definition) is 2. The second-order valence-corrected chi connectivity index (χ2v) is 9.56. The van der Waals surface area contributed by atoms with E-state index in [9.17, 15) is 0 Å². The molecule has 2 aromatic carbocycles. The van der Waals surface area contributed by atoms with Crippen molar-refractivity contribution in [2.75, 3.05) is 44.8 Å². The monoisotopic (exact) mass is 506 g/mol. The summed E-state index contributed by atoms with van der Waals surface area (Å²) in [6, 6.07) is 13.9. The van der Waals surface area contributed by atoms with Crippen LogP contribution in [0, 0.1) is 0 Å². The van der Waals surface area contributed by atoms with Crippen LogP contribution in [-0.2, 0) is 4.74 Å². The predicted octanol–water partition coefficient (Wildman–Crippen LogP) is 5.34. The van der Waals surface area contributed by atoms with Crippen molar-refractivity contribution in [3.63, 3.8) is 0 Å². The van der Waals surface area contributed by atoms with Crippen molar-refractivity contribution in [2.24, 2.45) is 0 Å². The van der Waals surface area contributed by atoms with Gasteiger partial charge in [-0.3, -0.25) is 4.90 Å². The van der Waals surface area contributed by atoms with Crippen LogP contribution in [0.5, 0.6) is 5.75 Å². The largest absolute Gasteiger partial charge is 0.492 e. The summed E-state index contributed by atoms with van der Waals surface area (Å²) < 4.78 is 12.5. The number of benzene rings is 2. The Kier molecular flexibility index (Phi) is 6.22. The summed E-state index contributed by atoms with van der Waals surface area (Å²) in [5.41, 5.74) is 2.48. The summed E-state index contributed by atoms with van der Waals surface area (Å²) in [6.45, 7) is 4.91. The number of pyridine rings is 1. The number of rotatable bonds is 7. The van der Waals surface area contributed by atoms with Gasteiger partial charge in [0, 0.05) is 42.0 Å². The number of fused-ring (bicyclic) bond motifs is 3. The fourth-order valence-electron chi connectivity index (χ4n) is 4.30. The first-order valence-corrected chi connectivity index (χ1v) is 12.7. The highest BCUT2D eigenvalue weighted by molar-refractivity contribution is 7.18. The van der Waals surface area contributed by atoms with Gasteiger partial charge < -0.3 is 19.8 Å². The number of nitrogens with zero attached hydrogens (tertiary/aromatic N) is 4. The molecular formula is C25H23ClN6O2S. The number of aromatic amines is 1. The normalized spacial score (nSPS) is 14.5. The van der Waals surface area contributed by atoms with Crippen molar-refractivity contribution in [1.82, 2.24) is 25.1 Å². The fraction of sp³-hybridized carbons (Fsp3) is 0.240. The lowest BCUT2D eigenvalue weighted by Gasteiger charge is -2.26. The number of H-pyrrole nitrogens is 1. The Bertz CT molecular complexity index is 1470. The maximum absolute atomic E-state index is 6.57. The molecule has 0 spiro atoms. The van der Waals surface area contributed by atoms with Gasteiger partial charge in [0.05, 0.1) is 34.1 Å². The average Bonchev–Trinajstić information content (AvgIpc) is 3.59. The summed E-state index contributed by atoms with van der Waals surface area (Å²) >= 11 is 8.21. The molecule has 0 amide bonds. The molecule has 5 aromatic rings. The predicted molar refractivity (Wildman–Crippen MR) is 140 cm³/mol. The molecule has 1 aliphatic rings. The van der Waals surface area contributed by atoms with Gasteiger partial charge in [0.2, 0.25) is 0 Å². The van der Waals surface area contributed by atoms with Crippen molar-refractivity contribution in [3.8, 4) is 17.1 Å². The lowest BCUT2D eigenvalue weighted by atomic mass is 10.1. The van der Waals surface area contributed by atoms with Crippen LogP contribution in [0.3, 0.4) is 0 Å². The molecule has 0 saturated carbocycles. The minimum atomic E-state index is 0.598. The van der Waals surface area contributed by atoms with E-state index in [1.807, 2.05) is 30.3 Å². The standard InChI is InChI=1S/C25H23ClN6O2S/c26-20-5-4-16(34-12-9-32-7-10-33-11-8-32)14-21(20)29-25-23-18(6-13-35-23)17-2-1-3-19(22(17)30-25)24-27-15-28-31-24/h1-6,13-15H,7-12H2,(H,29,30)(H,27,28,31). The highest BCUT2D eigenvalue weighted by atomic mass is 35.5. The van der Waals surface area contributed by atoms with Gasteiger partial charge in [-0.25, -0.2) is 4.98 Å². The third-order valence-electron chi connectivity index (χ3n) is 6.07. The molecule has 0 bridgehead atoms. The Hall–Kier alpha value is -3.24. The Morgan fingerprint density at radius 3 is 2.91 bits per heavy atom. The third kappa shape index (κ3) is 4.55. The summed E-state index contributed by atoms with van der Waals surface area (Å²) in [5, 5.41) is 16.4. The second-order valence-electron chi connectivity index (χ2n) is 8.23. The number of nitrogens with one attached hydrogen (secondary N) is 2. The quantitative estimate of drug-likeness (QED) is 0.308. The van der Waals surface area contributed by atoms with Gasteiger partial charge in [-0.15, -0.1) is 21.5 Å². The van der Waals surface area contributed by atoms with E-state index in [-0.39, 0.29) is 0 Å². The Morgan fingerprint density at radius 2 is 2.06 bits per heavy atom. The Balaban J connectivity index is 1.31. The first kappa shape index (κ1) is 22.2. The molecule has 0 atom stereocenters. The van der Waals surface area contributed by atoms with Crippen molar-refractivity contribution in [1.29, 1.82) is 0 Å². The van der Waals surface area contributed by atoms with Gasteiger partial charge in [0.1, 0.15) is 24.5 Å². The molecular weight excluding hydrogens is 484 g/mol. The highest BCUT2D eigenvalue weighted by Gasteiger charge is 2.16. The molecule has 0 unspecified atom stereocenters. The van der Waals surface area contributed by atoms with Crippen LogP contribution >= 0.6 is 22.9 Å². The maximum Gasteiger partial charge on any atom is 0.163 e. The minimum Gasteiger partial charge on any atom is -0.492 e. The van der Waals surface area contributed by atoms with E-state index in [1.54, 1.807) is 17.7 Å². The molecule has 1 fully saturated rings. The van der Waals surface area contributed by atoms with Gasteiger partial charge in [-0.1, -0.05) is 23.7 Å². The summed E-state index contributed by atoms with van der Waals surface area (Å²) in [4.78, 5) is 10.4. The van der Waals surface area contributed by atoms with Crippen molar-refractivity contribution in [2.45, 2.75) is 0 Å². The highest BCUT2D eigenvalue weighted by Crippen LogP contribution is 2.39. The van der Waals surface area contributed by atoms with Crippen LogP contribution in [-0.4, -0.2) is 64.5 Å². The van der Waals surface area contributed by atoms with Gasteiger partial charge in [-0.05, 0) is 29.6 Å². The van der Waals surface area contributed by atoms with Crippen LogP contribution in [0.25, 0.3) is 32.4 Å². The van der Waals surface area contributed by atoms with Gasteiger partial charge in [0.25, 0.3) is 0 Å². The fourth-order valence-corrected chi connectivity index (χ4v) is 5.31. The maximum atomic E-state index is 6.57. The number of hydrogen-bond acceptors (Lipinski definition) is 8. The van der Waals surface area contributed by atoms with Crippen molar-refractivity contribution >= 4 is 55.4 Å². The zero-order chi connectivity index (χ0) is 23.6. The van der Waals surface area contributed by atoms with E-state index in [0.717, 1.165) is 76.7 Å². The molecule has 4 heterocycles. The smallest absolute Gasteiger partial charge is 0.163 e. The molecule has 0 radical (unpaired) electrons. The molecule has 0 aliphatic carbocycles. The molecule has 1 saturated heterocycles. The summed E-state index contributed by atoms with van der Waals surface area (Å²) in [7, 11) is 0. The molecule has 3 aromatic heterocycles. The molecule has 1 aliphatic heterocycles.